The van der Waals surface area contributed by atoms with E-state index in [1.54, 1.807) is 20.8 Å². The van der Waals surface area contributed by atoms with E-state index in [1.165, 1.54) is 6.07 Å². The van der Waals surface area contributed by atoms with Crippen molar-refractivity contribution < 1.29 is 18.3 Å². The standard InChI is InChI=1S/C11H18N4O4S/c1-7-5-8(9(16)17)14-10(13-7)12-6-11(2,3)15-20(4,18)19/h5,15H,6H2,1-4H3,(H,16,17)(H,12,13,14). The number of rotatable bonds is 6. The number of carboxylic acids is 1. The molecule has 1 aromatic heterocycles. The van der Waals surface area contributed by atoms with Crippen LogP contribution in [0.1, 0.15) is 30.0 Å². The van der Waals surface area contributed by atoms with Crippen LogP contribution < -0.4 is 10.0 Å². The smallest absolute Gasteiger partial charge is 0.354 e. The van der Waals surface area contributed by atoms with E-state index in [2.05, 4.69) is 20.0 Å². The molecule has 0 spiro atoms. The lowest BCUT2D eigenvalue weighted by Gasteiger charge is -2.25. The lowest BCUT2D eigenvalue weighted by atomic mass is 10.1. The van der Waals surface area contributed by atoms with Gasteiger partial charge in [0.1, 0.15) is 0 Å². The molecule has 0 aliphatic carbocycles. The minimum atomic E-state index is -3.34. The highest BCUT2D eigenvalue weighted by molar-refractivity contribution is 7.88. The van der Waals surface area contributed by atoms with Crippen molar-refractivity contribution in [1.29, 1.82) is 0 Å². The molecule has 0 aromatic carbocycles. The Kier molecular flexibility index (Phi) is 4.66. The van der Waals surface area contributed by atoms with Crippen LogP contribution in [0.25, 0.3) is 0 Å². The highest BCUT2D eigenvalue weighted by Crippen LogP contribution is 2.08. The van der Waals surface area contributed by atoms with Crippen LogP contribution in [-0.2, 0) is 10.0 Å². The number of aromatic carboxylic acids is 1. The molecule has 0 unspecified atom stereocenters. The Hall–Kier alpha value is -1.74. The summed E-state index contributed by atoms with van der Waals surface area (Å²) in [5.41, 5.74) is -0.368. The molecule has 0 radical (unpaired) electrons. The van der Waals surface area contributed by atoms with E-state index < -0.39 is 21.5 Å². The Bertz CT molecular complexity index is 613. The highest BCUT2D eigenvalue weighted by Gasteiger charge is 2.22. The van der Waals surface area contributed by atoms with E-state index in [1.807, 2.05) is 0 Å². The van der Waals surface area contributed by atoms with Crippen molar-refractivity contribution in [3.8, 4) is 0 Å². The minimum Gasteiger partial charge on any atom is -0.477 e. The molecular formula is C11H18N4O4S. The third-order valence-corrected chi connectivity index (χ3v) is 3.15. The molecule has 3 N–H and O–H groups in total. The monoisotopic (exact) mass is 302 g/mol. The first kappa shape index (κ1) is 16.3. The largest absolute Gasteiger partial charge is 0.477 e. The topological polar surface area (TPSA) is 121 Å². The number of hydrogen-bond acceptors (Lipinski definition) is 6. The molecule has 0 fully saturated rings. The summed E-state index contributed by atoms with van der Waals surface area (Å²) in [6.07, 6.45) is 1.07. The predicted octanol–water partition coefficient (Wildman–Crippen LogP) is 0.223. The fraction of sp³-hybridized carbons (Fsp3) is 0.545. The van der Waals surface area contributed by atoms with Gasteiger partial charge in [0, 0.05) is 17.8 Å². The van der Waals surface area contributed by atoms with Crippen LogP contribution in [0.4, 0.5) is 5.95 Å². The summed E-state index contributed by atoms with van der Waals surface area (Å²) in [5, 5.41) is 11.7. The third kappa shape index (κ3) is 5.49. The van der Waals surface area contributed by atoms with Gasteiger partial charge in [0.25, 0.3) is 0 Å². The highest BCUT2D eigenvalue weighted by atomic mass is 32.2. The summed E-state index contributed by atoms with van der Waals surface area (Å²) in [7, 11) is -3.34. The summed E-state index contributed by atoms with van der Waals surface area (Å²) in [6, 6.07) is 1.35. The lowest BCUT2D eigenvalue weighted by molar-refractivity contribution is 0.0690. The van der Waals surface area contributed by atoms with Crippen LogP contribution in [-0.4, -0.2) is 47.8 Å². The van der Waals surface area contributed by atoms with Crippen molar-refractivity contribution in [3.63, 3.8) is 0 Å². The van der Waals surface area contributed by atoms with E-state index >= 15 is 0 Å². The van der Waals surface area contributed by atoms with Crippen molar-refractivity contribution in [1.82, 2.24) is 14.7 Å². The van der Waals surface area contributed by atoms with E-state index in [0.29, 0.717) is 5.69 Å². The third-order valence-electron chi connectivity index (χ3n) is 2.22. The summed E-state index contributed by atoms with van der Waals surface area (Å²) in [6.45, 7) is 5.24. The van der Waals surface area contributed by atoms with E-state index in [0.717, 1.165) is 6.26 Å². The molecule has 0 aliphatic rings. The first-order valence-electron chi connectivity index (χ1n) is 5.80. The molecule has 0 bridgehead atoms. The van der Waals surface area contributed by atoms with Gasteiger partial charge in [-0.05, 0) is 26.8 Å². The van der Waals surface area contributed by atoms with Gasteiger partial charge in [-0.2, -0.15) is 0 Å². The van der Waals surface area contributed by atoms with Crippen LogP contribution in [0, 0.1) is 6.92 Å². The predicted molar refractivity (Wildman–Crippen MR) is 74.3 cm³/mol. The van der Waals surface area contributed by atoms with Crippen LogP contribution in [0.5, 0.6) is 0 Å². The molecule has 1 rings (SSSR count). The second-order valence-corrected chi connectivity index (χ2v) is 6.88. The molecule has 0 aliphatic heterocycles. The Morgan fingerprint density at radius 2 is 2.00 bits per heavy atom. The van der Waals surface area contributed by atoms with Crippen molar-refractivity contribution in [3.05, 3.63) is 17.5 Å². The van der Waals surface area contributed by atoms with Gasteiger partial charge >= 0.3 is 5.97 Å². The number of aromatic nitrogens is 2. The number of carbonyl (C=O) groups is 1. The van der Waals surface area contributed by atoms with Crippen molar-refractivity contribution in [2.75, 3.05) is 18.1 Å². The quantitative estimate of drug-likeness (QED) is 0.687. The molecular weight excluding hydrogens is 284 g/mol. The second-order valence-electron chi connectivity index (χ2n) is 5.13. The molecule has 0 saturated heterocycles. The van der Waals surface area contributed by atoms with Crippen molar-refractivity contribution in [2.45, 2.75) is 26.3 Å². The molecule has 112 valence electrons. The van der Waals surface area contributed by atoms with Crippen LogP contribution in [0.3, 0.4) is 0 Å². The van der Waals surface area contributed by atoms with Crippen molar-refractivity contribution >= 4 is 21.9 Å². The Labute approximate surface area is 117 Å². The number of sulfonamides is 1. The molecule has 0 atom stereocenters. The van der Waals surface area contributed by atoms with Gasteiger partial charge in [-0.1, -0.05) is 0 Å². The number of hydrogen-bond donors (Lipinski definition) is 3. The number of anilines is 1. The number of nitrogens with zero attached hydrogens (tertiary/aromatic N) is 2. The van der Waals surface area contributed by atoms with E-state index in [-0.39, 0.29) is 18.2 Å². The van der Waals surface area contributed by atoms with Gasteiger partial charge < -0.3 is 10.4 Å². The van der Waals surface area contributed by atoms with Gasteiger partial charge in [-0.25, -0.2) is 27.9 Å². The molecule has 9 heteroatoms. The minimum absolute atomic E-state index is 0.117. The zero-order valence-electron chi connectivity index (χ0n) is 11.8. The summed E-state index contributed by atoms with van der Waals surface area (Å²) in [4.78, 5) is 18.8. The zero-order chi connectivity index (χ0) is 15.6. The average Bonchev–Trinajstić information content (AvgIpc) is 2.22. The molecule has 1 aromatic rings. The van der Waals surface area contributed by atoms with Gasteiger partial charge in [0.15, 0.2) is 5.69 Å². The average molecular weight is 302 g/mol. The number of aryl methyl sites for hydroxylation is 1. The second kappa shape index (κ2) is 5.71. The van der Waals surface area contributed by atoms with Crippen LogP contribution >= 0.6 is 0 Å². The normalized spacial score (nSPS) is 12.2. The van der Waals surface area contributed by atoms with E-state index in [9.17, 15) is 13.2 Å². The Morgan fingerprint density at radius 1 is 1.40 bits per heavy atom. The summed E-state index contributed by atoms with van der Waals surface area (Å²) >= 11 is 0. The Morgan fingerprint density at radius 3 is 2.50 bits per heavy atom. The first-order valence-corrected chi connectivity index (χ1v) is 7.69. The summed E-state index contributed by atoms with van der Waals surface area (Å²) < 4.78 is 24.9. The molecule has 20 heavy (non-hydrogen) atoms. The van der Waals surface area contributed by atoms with Gasteiger partial charge in [0.2, 0.25) is 16.0 Å². The van der Waals surface area contributed by atoms with Crippen LogP contribution in [0.15, 0.2) is 6.07 Å². The maximum atomic E-state index is 11.2. The fourth-order valence-corrected chi connectivity index (χ4v) is 2.67. The number of nitrogens with one attached hydrogen (secondary N) is 2. The van der Waals surface area contributed by atoms with Gasteiger partial charge in [-0.15, -0.1) is 0 Å². The Balaban J connectivity index is 2.82. The molecule has 8 nitrogen and oxygen atoms in total. The maximum absolute atomic E-state index is 11.2. The van der Waals surface area contributed by atoms with Crippen molar-refractivity contribution in [2.24, 2.45) is 0 Å². The SMILES string of the molecule is Cc1cc(C(=O)O)nc(NCC(C)(C)NS(C)(=O)=O)n1. The maximum Gasteiger partial charge on any atom is 0.354 e. The fourth-order valence-electron chi connectivity index (χ4n) is 1.60. The first-order chi connectivity index (χ1) is 8.98. The molecule has 0 saturated carbocycles. The van der Waals surface area contributed by atoms with Crippen LogP contribution in [0.2, 0.25) is 0 Å². The van der Waals surface area contributed by atoms with Gasteiger partial charge in [-0.3, -0.25) is 0 Å². The molecule has 0 amide bonds. The number of carboxylic acid groups (broad SMARTS) is 1. The lowest BCUT2D eigenvalue weighted by Crippen LogP contribution is -2.48. The molecule has 1 heterocycles. The zero-order valence-corrected chi connectivity index (χ0v) is 12.6. The summed E-state index contributed by atoms with van der Waals surface area (Å²) in [5.74, 6) is -1.00. The van der Waals surface area contributed by atoms with Gasteiger partial charge in [0.05, 0.1) is 6.26 Å². The van der Waals surface area contributed by atoms with E-state index in [4.69, 9.17) is 5.11 Å².